The van der Waals surface area contributed by atoms with Crippen LogP contribution in [0.4, 0.5) is 5.00 Å². The molecule has 0 spiro atoms. The lowest BCUT2D eigenvalue weighted by Gasteiger charge is -2.46. The third kappa shape index (κ3) is 4.78. The van der Waals surface area contributed by atoms with Crippen molar-refractivity contribution in [3.8, 4) is 0 Å². The van der Waals surface area contributed by atoms with Crippen molar-refractivity contribution < 1.29 is 14.0 Å². The highest BCUT2D eigenvalue weighted by Gasteiger charge is 2.38. The second kappa shape index (κ2) is 7.13. The molecule has 1 aliphatic rings. The predicted molar refractivity (Wildman–Crippen MR) is 107 cm³/mol. The van der Waals surface area contributed by atoms with E-state index in [0.29, 0.717) is 9.88 Å². The summed E-state index contributed by atoms with van der Waals surface area (Å²) in [5, 5.41) is 10.2. The zero-order chi connectivity index (χ0) is 19.8. The van der Waals surface area contributed by atoms with Gasteiger partial charge in [-0.15, -0.1) is 11.3 Å². The molecular weight excluding hydrogens is 362 g/mol. The fraction of sp³-hybridized carbons (Fsp3) is 0.500. The fourth-order valence-electron chi connectivity index (χ4n) is 4.03. The molecule has 146 valence electrons. The normalized spacial score (nSPS) is 18.9. The summed E-state index contributed by atoms with van der Waals surface area (Å²) in [4.78, 5) is 25.6. The first-order valence-corrected chi connectivity index (χ1v) is 9.92. The minimum absolute atomic E-state index is 0.0354. The molecule has 3 heterocycles. The van der Waals surface area contributed by atoms with Gasteiger partial charge < -0.3 is 20.4 Å². The van der Waals surface area contributed by atoms with Crippen LogP contribution in [0.3, 0.4) is 0 Å². The Morgan fingerprint density at radius 3 is 2.44 bits per heavy atom. The minimum Gasteiger partial charge on any atom is -0.459 e. The first-order chi connectivity index (χ1) is 12.5. The Kier molecular flexibility index (Phi) is 5.18. The third-order valence-corrected chi connectivity index (χ3v) is 5.78. The molecule has 1 saturated heterocycles. The van der Waals surface area contributed by atoms with Gasteiger partial charge in [0.1, 0.15) is 0 Å². The van der Waals surface area contributed by atoms with Gasteiger partial charge in [-0.3, -0.25) is 9.59 Å². The molecule has 1 aliphatic heterocycles. The number of carbonyl (C=O) groups is 2. The van der Waals surface area contributed by atoms with Gasteiger partial charge in [0, 0.05) is 17.1 Å². The number of aryl methyl sites for hydroxylation is 1. The van der Waals surface area contributed by atoms with Crippen LogP contribution in [0.1, 0.15) is 66.3 Å². The first-order valence-electron chi connectivity index (χ1n) is 9.10. The fourth-order valence-corrected chi connectivity index (χ4v) is 5.00. The predicted octanol–water partition coefficient (Wildman–Crippen LogP) is 3.94. The Balaban J connectivity index is 1.68. The number of carbonyl (C=O) groups excluding carboxylic acids is 2. The van der Waals surface area contributed by atoms with Crippen molar-refractivity contribution >= 4 is 28.2 Å². The minimum atomic E-state index is -0.324. The molecule has 27 heavy (non-hydrogen) atoms. The van der Waals surface area contributed by atoms with Crippen molar-refractivity contribution in [1.82, 2.24) is 10.6 Å². The van der Waals surface area contributed by atoms with Crippen molar-refractivity contribution in [2.24, 2.45) is 0 Å². The second-order valence-electron chi connectivity index (χ2n) is 8.53. The molecule has 2 amide bonds. The number of anilines is 1. The molecule has 0 saturated carbocycles. The van der Waals surface area contributed by atoms with E-state index in [1.54, 1.807) is 12.1 Å². The Morgan fingerprint density at radius 2 is 1.85 bits per heavy atom. The van der Waals surface area contributed by atoms with E-state index in [4.69, 9.17) is 4.42 Å². The van der Waals surface area contributed by atoms with Crippen LogP contribution in [-0.4, -0.2) is 28.9 Å². The molecule has 0 aromatic carbocycles. The molecule has 0 aliphatic carbocycles. The number of piperidine rings is 1. The van der Waals surface area contributed by atoms with E-state index in [1.165, 1.54) is 17.6 Å². The van der Waals surface area contributed by atoms with Gasteiger partial charge in [0.15, 0.2) is 5.76 Å². The monoisotopic (exact) mass is 389 g/mol. The summed E-state index contributed by atoms with van der Waals surface area (Å²) >= 11 is 1.28. The van der Waals surface area contributed by atoms with E-state index in [9.17, 15) is 9.59 Å². The highest BCUT2D eigenvalue weighted by molar-refractivity contribution is 7.18. The van der Waals surface area contributed by atoms with Gasteiger partial charge in [-0.05, 0) is 71.2 Å². The summed E-state index contributed by atoms with van der Waals surface area (Å²) in [7, 11) is 0. The lowest BCUT2D eigenvalue weighted by atomic mass is 9.79. The zero-order valence-electron chi connectivity index (χ0n) is 16.4. The first kappa shape index (κ1) is 19.6. The van der Waals surface area contributed by atoms with Crippen molar-refractivity contribution in [2.75, 3.05) is 5.32 Å². The van der Waals surface area contributed by atoms with E-state index in [-0.39, 0.29) is 34.7 Å². The van der Waals surface area contributed by atoms with Crippen LogP contribution in [0.15, 0.2) is 28.9 Å². The third-order valence-electron chi connectivity index (χ3n) is 4.63. The average molecular weight is 390 g/mol. The van der Waals surface area contributed by atoms with Gasteiger partial charge in [-0.1, -0.05) is 0 Å². The molecule has 2 aromatic heterocycles. The lowest BCUT2D eigenvalue weighted by molar-refractivity contribution is 0.0876. The molecule has 3 rings (SSSR count). The molecule has 0 radical (unpaired) electrons. The van der Waals surface area contributed by atoms with Crippen molar-refractivity contribution in [1.29, 1.82) is 0 Å². The van der Waals surface area contributed by atoms with Crippen LogP contribution < -0.4 is 16.0 Å². The Hall–Kier alpha value is -2.12. The summed E-state index contributed by atoms with van der Waals surface area (Å²) in [5.41, 5.74) is 0.776. The topological polar surface area (TPSA) is 83.4 Å². The maximum absolute atomic E-state index is 12.8. The molecule has 0 bridgehead atoms. The van der Waals surface area contributed by atoms with Crippen LogP contribution in [0.2, 0.25) is 0 Å². The molecule has 7 heteroatoms. The summed E-state index contributed by atoms with van der Waals surface area (Å²) in [6.45, 7) is 10.5. The smallest absolute Gasteiger partial charge is 0.291 e. The van der Waals surface area contributed by atoms with Gasteiger partial charge in [0.25, 0.3) is 11.8 Å². The number of amides is 2. The molecule has 1 fully saturated rings. The van der Waals surface area contributed by atoms with Gasteiger partial charge >= 0.3 is 0 Å². The van der Waals surface area contributed by atoms with E-state index < -0.39 is 0 Å². The highest BCUT2D eigenvalue weighted by Crippen LogP contribution is 2.30. The van der Waals surface area contributed by atoms with Gasteiger partial charge in [0.2, 0.25) is 0 Å². The van der Waals surface area contributed by atoms with Crippen LogP contribution >= 0.6 is 11.3 Å². The van der Waals surface area contributed by atoms with Crippen LogP contribution in [0.25, 0.3) is 0 Å². The van der Waals surface area contributed by atoms with E-state index in [0.717, 1.165) is 18.4 Å². The summed E-state index contributed by atoms with van der Waals surface area (Å²) in [6.07, 6.45) is 3.19. The number of nitrogens with one attached hydrogen (secondary N) is 3. The number of thiophene rings is 1. The van der Waals surface area contributed by atoms with Gasteiger partial charge in [-0.2, -0.15) is 0 Å². The van der Waals surface area contributed by atoms with Gasteiger partial charge in [0.05, 0.1) is 16.1 Å². The van der Waals surface area contributed by atoms with E-state index >= 15 is 0 Å². The number of rotatable bonds is 4. The SMILES string of the molecule is Cc1cc(NC(=O)c2ccco2)sc1C(=O)NC1CC(C)(C)NC(C)(C)C1. The Morgan fingerprint density at radius 1 is 1.19 bits per heavy atom. The number of furan rings is 1. The van der Waals surface area contributed by atoms with Crippen LogP contribution in [0, 0.1) is 6.92 Å². The van der Waals surface area contributed by atoms with Crippen LogP contribution in [0.5, 0.6) is 0 Å². The van der Waals surface area contributed by atoms with Gasteiger partial charge in [-0.25, -0.2) is 0 Å². The Bertz CT molecular complexity index is 821. The zero-order valence-corrected chi connectivity index (χ0v) is 17.3. The van der Waals surface area contributed by atoms with Crippen molar-refractivity contribution in [3.63, 3.8) is 0 Å². The highest BCUT2D eigenvalue weighted by atomic mass is 32.1. The summed E-state index contributed by atoms with van der Waals surface area (Å²) < 4.78 is 5.10. The summed E-state index contributed by atoms with van der Waals surface area (Å²) in [5.74, 6) is -0.171. The molecular formula is C20H27N3O3S. The standard InChI is InChI=1S/C20H27N3O3S/c1-12-9-15(22-17(24)14-7-6-8-26-14)27-16(12)18(25)21-13-10-19(2,3)23-20(4,5)11-13/h6-9,13,23H,10-11H2,1-5H3,(H,21,25)(H,22,24). The molecule has 0 unspecified atom stereocenters. The van der Waals surface area contributed by atoms with Crippen molar-refractivity contribution in [3.05, 3.63) is 40.7 Å². The summed E-state index contributed by atoms with van der Waals surface area (Å²) in [6, 6.07) is 5.18. The number of hydrogen-bond donors (Lipinski definition) is 3. The van der Waals surface area contributed by atoms with Crippen molar-refractivity contribution in [2.45, 2.75) is 64.6 Å². The molecule has 0 atom stereocenters. The quantitative estimate of drug-likeness (QED) is 0.740. The second-order valence-corrected chi connectivity index (χ2v) is 9.58. The molecule has 3 N–H and O–H groups in total. The molecule has 2 aromatic rings. The Labute approximate surface area is 163 Å². The molecule has 6 nitrogen and oxygen atoms in total. The van der Waals surface area contributed by atoms with Crippen LogP contribution in [-0.2, 0) is 0 Å². The maximum atomic E-state index is 12.8. The van der Waals surface area contributed by atoms with E-state index in [2.05, 4.69) is 43.6 Å². The lowest BCUT2D eigenvalue weighted by Crippen LogP contribution is -2.62. The maximum Gasteiger partial charge on any atom is 0.291 e. The van der Waals surface area contributed by atoms with E-state index in [1.807, 2.05) is 13.0 Å². The largest absolute Gasteiger partial charge is 0.459 e. The average Bonchev–Trinajstić information content (AvgIpc) is 3.13. The number of hydrogen-bond acceptors (Lipinski definition) is 5.